The Hall–Kier alpha value is -1.61. The van der Waals surface area contributed by atoms with E-state index in [1.807, 2.05) is 42.5 Å². The van der Waals surface area contributed by atoms with E-state index in [9.17, 15) is 4.79 Å². The molecule has 0 saturated heterocycles. The van der Waals surface area contributed by atoms with E-state index in [0.29, 0.717) is 19.8 Å². The van der Waals surface area contributed by atoms with Gasteiger partial charge in [-0.2, -0.15) is 0 Å². The topological polar surface area (TPSA) is 35.5 Å². The van der Waals surface area contributed by atoms with Crippen molar-refractivity contribution in [1.82, 2.24) is 0 Å². The molecule has 0 amide bonds. The van der Waals surface area contributed by atoms with Gasteiger partial charge in [-0.3, -0.25) is 4.79 Å². The van der Waals surface area contributed by atoms with Gasteiger partial charge in [0.1, 0.15) is 6.61 Å². The van der Waals surface area contributed by atoms with E-state index < -0.39 is 0 Å². The Labute approximate surface area is 102 Å². The highest BCUT2D eigenvalue weighted by Gasteiger charge is 1.90. The van der Waals surface area contributed by atoms with Gasteiger partial charge in [0.25, 0.3) is 0 Å². The Balaban J connectivity index is 1.99. The van der Waals surface area contributed by atoms with Gasteiger partial charge in [-0.1, -0.05) is 42.5 Å². The summed E-state index contributed by atoms with van der Waals surface area (Å²) < 4.78 is 10.2. The number of esters is 1. The molecule has 0 fully saturated rings. The van der Waals surface area contributed by atoms with Crippen molar-refractivity contribution in [3.05, 3.63) is 48.0 Å². The van der Waals surface area contributed by atoms with Crippen LogP contribution in [0.4, 0.5) is 0 Å². The van der Waals surface area contributed by atoms with Crippen molar-refractivity contribution < 1.29 is 14.3 Å². The van der Waals surface area contributed by atoms with E-state index in [4.69, 9.17) is 9.47 Å². The number of ether oxygens (including phenoxy) is 2. The molecule has 0 heterocycles. The van der Waals surface area contributed by atoms with Gasteiger partial charge in [0.05, 0.1) is 13.2 Å². The fourth-order valence-electron chi connectivity index (χ4n) is 1.27. The van der Waals surface area contributed by atoms with Crippen LogP contribution in [0.3, 0.4) is 0 Å². The van der Waals surface area contributed by atoms with E-state index in [-0.39, 0.29) is 5.97 Å². The van der Waals surface area contributed by atoms with Crippen LogP contribution in [0, 0.1) is 0 Å². The second kappa shape index (κ2) is 8.53. The molecule has 0 aliphatic carbocycles. The van der Waals surface area contributed by atoms with E-state index in [0.717, 1.165) is 6.42 Å². The molecule has 0 aromatic heterocycles. The van der Waals surface area contributed by atoms with E-state index in [2.05, 4.69) is 0 Å². The van der Waals surface area contributed by atoms with Crippen LogP contribution in [-0.4, -0.2) is 19.2 Å². The molecule has 0 spiro atoms. The van der Waals surface area contributed by atoms with Crippen LogP contribution in [0.1, 0.15) is 18.9 Å². The monoisotopic (exact) mass is 234 g/mol. The first kappa shape index (κ1) is 13.5. The van der Waals surface area contributed by atoms with Crippen molar-refractivity contribution in [2.75, 3.05) is 13.2 Å². The molecule has 0 aliphatic rings. The lowest BCUT2D eigenvalue weighted by Crippen LogP contribution is -1.98. The smallest absolute Gasteiger partial charge is 0.302 e. The Kier molecular flexibility index (Phi) is 6.75. The molecule has 0 N–H and O–H groups in total. The predicted octanol–water partition coefficient (Wildman–Crippen LogP) is 2.71. The molecular weight excluding hydrogens is 216 g/mol. The first-order valence-electron chi connectivity index (χ1n) is 5.69. The highest BCUT2D eigenvalue weighted by Crippen LogP contribution is 2.00. The maximum Gasteiger partial charge on any atom is 0.302 e. The maximum absolute atomic E-state index is 10.5. The zero-order valence-electron chi connectivity index (χ0n) is 10.1. The van der Waals surface area contributed by atoms with E-state index in [1.165, 1.54) is 12.5 Å². The summed E-state index contributed by atoms with van der Waals surface area (Å²) in [5, 5.41) is 0. The summed E-state index contributed by atoms with van der Waals surface area (Å²) in [6, 6.07) is 10.1. The molecule has 1 rings (SSSR count). The van der Waals surface area contributed by atoms with E-state index in [1.54, 1.807) is 0 Å². The van der Waals surface area contributed by atoms with Crippen molar-refractivity contribution >= 4 is 5.97 Å². The van der Waals surface area contributed by atoms with E-state index >= 15 is 0 Å². The van der Waals surface area contributed by atoms with Gasteiger partial charge in [0.2, 0.25) is 0 Å². The van der Waals surface area contributed by atoms with Crippen LogP contribution >= 0.6 is 0 Å². The maximum atomic E-state index is 10.5. The molecule has 3 nitrogen and oxygen atoms in total. The average Bonchev–Trinajstić information content (AvgIpc) is 2.33. The summed E-state index contributed by atoms with van der Waals surface area (Å²) >= 11 is 0. The molecule has 1 aromatic carbocycles. The molecule has 0 bridgehead atoms. The van der Waals surface area contributed by atoms with Crippen LogP contribution in [-0.2, 0) is 20.9 Å². The zero-order chi connectivity index (χ0) is 12.3. The Morgan fingerprint density at radius 2 is 2.00 bits per heavy atom. The molecule has 3 heteroatoms. The lowest BCUT2D eigenvalue weighted by molar-refractivity contribution is -0.139. The van der Waals surface area contributed by atoms with Crippen molar-refractivity contribution in [2.45, 2.75) is 20.0 Å². The third-order valence-electron chi connectivity index (χ3n) is 2.09. The molecule has 0 aliphatic heterocycles. The average molecular weight is 234 g/mol. The summed E-state index contributed by atoms with van der Waals surface area (Å²) in [7, 11) is 0. The third kappa shape index (κ3) is 7.30. The summed E-state index contributed by atoms with van der Waals surface area (Å²) in [5.41, 5.74) is 1.18. The summed E-state index contributed by atoms with van der Waals surface area (Å²) in [5.74, 6) is -0.255. The molecular formula is C14H18O3. The Bertz CT molecular complexity index is 344. The van der Waals surface area contributed by atoms with Gasteiger partial charge < -0.3 is 9.47 Å². The molecule has 17 heavy (non-hydrogen) atoms. The SMILES string of the molecule is CC(=O)OC/C=C/CCOCc1ccccc1. The largest absolute Gasteiger partial charge is 0.462 e. The fourth-order valence-corrected chi connectivity index (χ4v) is 1.27. The minimum absolute atomic E-state index is 0.255. The normalized spacial score (nSPS) is 10.6. The number of carbonyl (C=O) groups is 1. The second-order valence-corrected chi connectivity index (χ2v) is 3.60. The third-order valence-corrected chi connectivity index (χ3v) is 2.09. The standard InChI is InChI=1S/C14H18O3/c1-13(15)17-11-7-3-6-10-16-12-14-8-4-2-5-9-14/h2-5,7-9H,6,10-12H2,1H3/b7-3+. The molecule has 1 aromatic rings. The highest BCUT2D eigenvalue weighted by molar-refractivity contribution is 5.65. The van der Waals surface area contributed by atoms with Gasteiger partial charge >= 0.3 is 5.97 Å². The van der Waals surface area contributed by atoms with Crippen molar-refractivity contribution in [2.24, 2.45) is 0 Å². The first-order valence-corrected chi connectivity index (χ1v) is 5.69. The lowest BCUT2D eigenvalue weighted by atomic mass is 10.2. The van der Waals surface area contributed by atoms with Gasteiger partial charge in [0, 0.05) is 6.92 Å². The predicted molar refractivity (Wildman–Crippen MR) is 66.5 cm³/mol. The van der Waals surface area contributed by atoms with Crippen molar-refractivity contribution in [3.63, 3.8) is 0 Å². The summed E-state index contributed by atoms with van der Waals surface area (Å²) in [4.78, 5) is 10.5. The van der Waals surface area contributed by atoms with Crippen LogP contribution < -0.4 is 0 Å². The first-order chi connectivity index (χ1) is 8.29. The van der Waals surface area contributed by atoms with Gasteiger partial charge in [0.15, 0.2) is 0 Å². The Morgan fingerprint density at radius 1 is 1.24 bits per heavy atom. The number of carbonyl (C=O) groups excluding carboxylic acids is 1. The number of hydrogen-bond acceptors (Lipinski definition) is 3. The minimum Gasteiger partial charge on any atom is -0.462 e. The van der Waals surface area contributed by atoms with Gasteiger partial charge in [-0.15, -0.1) is 0 Å². The number of hydrogen-bond donors (Lipinski definition) is 0. The van der Waals surface area contributed by atoms with Crippen LogP contribution in [0.5, 0.6) is 0 Å². The van der Waals surface area contributed by atoms with Crippen LogP contribution in [0.25, 0.3) is 0 Å². The highest BCUT2D eigenvalue weighted by atomic mass is 16.5. The minimum atomic E-state index is -0.255. The zero-order valence-corrected chi connectivity index (χ0v) is 10.1. The van der Waals surface area contributed by atoms with Crippen LogP contribution in [0.2, 0.25) is 0 Å². The molecule has 0 saturated carbocycles. The molecule has 92 valence electrons. The van der Waals surface area contributed by atoms with Crippen molar-refractivity contribution in [3.8, 4) is 0 Å². The molecule has 0 unspecified atom stereocenters. The van der Waals surface area contributed by atoms with Gasteiger partial charge in [-0.25, -0.2) is 0 Å². The number of benzene rings is 1. The lowest BCUT2D eigenvalue weighted by Gasteiger charge is -2.02. The quantitative estimate of drug-likeness (QED) is 0.413. The fraction of sp³-hybridized carbons (Fsp3) is 0.357. The number of rotatable bonds is 7. The Morgan fingerprint density at radius 3 is 2.71 bits per heavy atom. The van der Waals surface area contributed by atoms with Crippen LogP contribution in [0.15, 0.2) is 42.5 Å². The summed E-state index contributed by atoms with van der Waals surface area (Å²) in [6.07, 6.45) is 4.61. The van der Waals surface area contributed by atoms with Gasteiger partial charge in [-0.05, 0) is 12.0 Å². The molecule has 0 radical (unpaired) electrons. The molecule has 0 atom stereocenters. The van der Waals surface area contributed by atoms with Crippen molar-refractivity contribution in [1.29, 1.82) is 0 Å². The summed E-state index contributed by atoms with van der Waals surface area (Å²) in [6.45, 7) is 3.05. The second-order valence-electron chi connectivity index (χ2n) is 3.60.